The molecule has 0 spiro atoms. The van der Waals surface area contributed by atoms with Gasteiger partial charge >= 0.3 is 76.7 Å². The van der Waals surface area contributed by atoms with E-state index in [2.05, 4.69) is 12.7 Å². The predicted octanol–water partition coefficient (Wildman–Crippen LogP) is 2.68. The Morgan fingerprint density at radius 1 is 1.27 bits per heavy atom. The van der Waals surface area contributed by atoms with Gasteiger partial charge in [0.1, 0.15) is 0 Å². The van der Waals surface area contributed by atoms with Crippen molar-refractivity contribution in [3.05, 3.63) is 0 Å². The van der Waals surface area contributed by atoms with E-state index < -0.39 is 0 Å². The molecule has 11 heavy (non-hydrogen) atoms. The zero-order valence-electron chi connectivity index (χ0n) is 7.93. The number of hydrogen-bond acceptors (Lipinski definition) is 1. The minimum absolute atomic E-state index is 0.569. The van der Waals surface area contributed by atoms with E-state index in [-0.39, 0.29) is 0 Å². The van der Waals surface area contributed by atoms with Crippen LogP contribution < -0.4 is 0 Å². The zero-order chi connectivity index (χ0) is 8.53. The fraction of sp³-hybridized carbons (Fsp3) is 1.00. The van der Waals surface area contributed by atoms with Crippen LogP contribution in [-0.4, -0.2) is 27.1 Å². The molecule has 68 valence electrons. The molecule has 0 aliphatic heterocycles. The van der Waals surface area contributed by atoms with E-state index in [1.54, 1.807) is 0 Å². The summed E-state index contributed by atoms with van der Waals surface area (Å²) in [6.45, 7) is 2.25. The van der Waals surface area contributed by atoms with Gasteiger partial charge in [-0.15, -0.1) is 0 Å². The first kappa shape index (κ1) is 11.5. The molecular formula is C9H20OSe. The first-order valence-corrected chi connectivity index (χ1v) is 7.11. The van der Waals surface area contributed by atoms with E-state index >= 15 is 0 Å². The topological polar surface area (TPSA) is 9.23 Å². The number of rotatable bonds is 7. The maximum absolute atomic E-state index is 5.31. The van der Waals surface area contributed by atoms with Crippen molar-refractivity contribution in [3.8, 4) is 0 Å². The van der Waals surface area contributed by atoms with Gasteiger partial charge < -0.3 is 0 Å². The van der Waals surface area contributed by atoms with Crippen molar-refractivity contribution in [2.45, 2.75) is 49.9 Å². The Morgan fingerprint density at radius 3 is 2.45 bits per heavy atom. The normalized spacial score (nSPS) is 13.4. The number of unbranched alkanes of at least 4 members (excludes halogenated alkanes) is 3. The van der Waals surface area contributed by atoms with Crippen LogP contribution >= 0.6 is 0 Å². The summed E-state index contributed by atoms with van der Waals surface area (Å²) in [5.41, 5.74) is 0. The Labute approximate surface area is 77.1 Å². The molecule has 0 bridgehead atoms. The Hall–Kier alpha value is 0.479. The van der Waals surface area contributed by atoms with E-state index in [4.69, 9.17) is 4.74 Å². The molecule has 1 unspecified atom stereocenters. The van der Waals surface area contributed by atoms with Crippen LogP contribution in [0.1, 0.15) is 39.0 Å². The van der Waals surface area contributed by atoms with Gasteiger partial charge in [-0.3, -0.25) is 0 Å². The van der Waals surface area contributed by atoms with Gasteiger partial charge in [-0.1, -0.05) is 0 Å². The molecule has 0 aromatic heterocycles. The first-order valence-electron chi connectivity index (χ1n) is 4.40. The average molecular weight is 223 g/mol. The van der Waals surface area contributed by atoms with Gasteiger partial charge in [0.05, 0.1) is 0 Å². The van der Waals surface area contributed by atoms with Crippen molar-refractivity contribution in [1.82, 2.24) is 0 Å². The molecular weight excluding hydrogens is 203 g/mol. The Morgan fingerprint density at radius 2 is 2.00 bits per heavy atom. The third-order valence-electron chi connectivity index (χ3n) is 1.82. The summed E-state index contributed by atoms with van der Waals surface area (Å²) in [4.78, 5) is 0. The van der Waals surface area contributed by atoms with Crippen molar-refractivity contribution < 1.29 is 4.74 Å². The molecule has 0 N–H and O–H groups in total. The van der Waals surface area contributed by atoms with Gasteiger partial charge in [0.2, 0.25) is 0 Å². The Balaban J connectivity index is 3.07. The third kappa shape index (κ3) is 6.86. The number of ether oxygens (including phenoxy) is 1. The molecule has 0 amide bonds. The third-order valence-corrected chi connectivity index (χ3v) is 3.82. The average Bonchev–Trinajstić information content (AvgIpc) is 2.05. The predicted molar refractivity (Wildman–Crippen MR) is 51.2 cm³/mol. The Kier molecular flexibility index (Phi) is 8.95. The Bertz CT molecular complexity index is 72.0. The maximum atomic E-state index is 5.31. The quantitative estimate of drug-likeness (QED) is 0.476. The molecule has 0 fully saturated rings. The van der Waals surface area contributed by atoms with Crippen LogP contribution in [0.5, 0.6) is 0 Å². The molecule has 0 aliphatic carbocycles. The van der Waals surface area contributed by atoms with Gasteiger partial charge in [0.25, 0.3) is 0 Å². The SMILES string of the molecule is CCCCCCC(OC)[Se]C. The summed E-state index contributed by atoms with van der Waals surface area (Å²) < 4.78 is 5.31. The summed E-state index contributed by atoms with van der Waals surface area (Å²) in [7, 11) is 1.83. The van der Waals surface area contributed by atoms with E-state index in [0.717, 1.165) is 0 Å². The van der Waals surface area contributed by atoms with E-state index in [9.17, 15) is 0 Å². The molecule has 0 radical (unpaired) electrons. The van der Waals surface area contributed by atoms with Crippen molar-refractivity contribution >= 4 is 15.0 Å². The summed E-state index contributed by atoms with van der Waals surface area (Å²) in [5.74, 6) is 2.25. The second-order valence-corrected chi connectivity index (χ2v) is 4.84. The molecule has 0 aliphatic rings. The molecule has 0 aromatic carbocycles. The number of methoxy groups -OCH3 is 1. The molecule has 1 atom stereocenters. The van der Waals surface area contributed by atoms with Crippen molar-refractivity contribution in [1.29, 1.82) is 0 Å². The second-order valence-electron chi connectivity index (χ2n) is 2.75. The van der Waals surface area contributed by atoms with Crippen molar-refractivity contribution in [3.63, 3.8) is 0 Å². The van der Waals surface area contributed by atoms with Crippen LogP contribution in [-0.2, 0) is 4.74 Å². The molecule has 1 nitrogen and oxygen atoms in total. The van der Waals surface area contributed by atoms with Gasteiger partial charge in [-0.2, -0.15) is 0 Å². The summed E-state index contributed by atoms with van der Waals surface area (Å²) in [6.07, 6.45) is 6.71. The minimum atomic E-state index is 0.569. The van der Waals surface area contributed by atoms with Gasteiger partial charge in [0.15, 0.2) is 0 Å². The van der Waals surface area contributed by atoms with E-state index in [1.165, 1.54) is 32.1 Å². The molecule has 0 rings (SSSR count). The van der Waals surface area contributed by atoms with Gasteiger partial charge in [0, 0.05) is 0 Å². The van der Waals surface area contributed by atoms with E-state index in [1.807, 2.05) is 7.11 Å². The monoisotopic (exact) mass is 224 g/mol. The van der Waals surface area contributed by atoms with Crippen LogP contribution in [0.25, 0.3) is 0 Å². The number of hydrogen-bond donors (Lipinski definition) is 0. The first-order chi connectivity index (χ1) is 5.35. The fourth-order valence-corrected chi connectivity index (χ4v) is 2.32. The van der Waals surface area contributed by atoms with Crippen LogP contribution in [0.4, 0.5) is 0 Å². The molecule has 0 aromatic rings. The zero-order valence-corrected chi connectivity index (χ0v) is 9.64. The van der Waals surface area contributed by atoms with Crippen LogP contribution in [0.15, 0.2) is 0 Å². The van der Waals surface area contributed by atoms with Crippen LogP contribution in [0.2, 0.25) is 5.82 Å². The van der Waals surface area contributed by atoms with E-state index in [0.29, 0.717) is 20.0 Å². The second kappa shape index (κ2) is 8.57. The standard InChI is InChI=1S/C9H20OSe/c1-4-5-6-7-8-9(10-2)11-3/h9H,4-8H2,1-3H3. The van der Waals surface area contributed by atoms with Crippen molar-refractivity contribution in [2.75, 3.05) is 7.11 Å². The van der Waals surface area contributed by atoms with Crippen LogP contribution in [0, 0.1) is 0 Å². The van der Waals surface area contributed by atoms with Gasteiger partial charge in [-0.05, 0) is 0 Å². The molecule has 2 heteroatoms. The molecule has 0 saturated heterocycles. The molecule has 0 saturated carbocycles. The van der Waals surface area contributed by atoms with Crippen molar-refractivity contribution in [2.24, 2.45) is 0 Å². The summed E-state index contributed by atoms with van der Waals surface area (Å²) >= 11 is 0.668. The molecule has 0 heterocycles. The van der Waals surface area contributed by atoms with Gasteiger partial charge in [-0.25, -0.2) is 0 Å². The van der Waals surface area contributed by atoms with Crippen LogP contribution in [0.3, 0.4) is 0 Å². The fourth-order valence-electron chi connectivity index (χ4n) is 1.07. The summed E-state index contributed by atoms with van der Waals surface area (Å²) in [6, 6.07) is 0. The summed E-state index contributed by atoms with van der Waals surface area (Å²) in [5, 5.41) is 0.569.